The number of hydrogen-bond donors (Lipinski definition) is 2. The maximum atomic E-state index is 10.4. The Kier molecular flexibility index (Phi) is 5.08. The highest BCUT2D eigenvalue weighted by atomic mass is 16.5. The van der Waals surface area contributed by atoms with Gasteiger partial charge in [0, 0.05) is 31.1 Å². The Morgan fingerprint density at radius 2 is 2.24 bits per heavy atom. The first-order chi connectivity index (χ1) is 9.91. The van der Waals surface area contributed by atoms with Crippen LogP contribution in [-0.4, -0.2) is 56.5 Å². The highest BCUT2D eigenvalue weighted by Crippen LogP contribution is 2.34. The lowest BCUT2D eigenvalue weighted by Crippen LogP contribution is -2.46. The molecule has 5 nitrogen and oxygen atoms in total. The maximum Gasteiger partial charge on any atom is 0.124 e. The molecule has 1 aliphatic rings. The van der Waals surface area contributed by atoms with Crippen LogP contribution >= 0.6 is 0 Å². The fourth-order valence-corrected chi connectivity index (χ4v) is 2.79. The molecule has 118 valence electrons. The number of nitrogens with one attached hydrogen (secondary N) is 1. The van der Waals surface area contributed by atoms with Gasteiger partial charge >= 0.3 is 0 Å². The molecule has 0 aliphatic carbocycles. The van der Waals surface area contributed by atoms with Crippen molar-refractivity contribution in [1.29, 1.82) is 0 Å². The molecule has 0 spiro atoms. The van der Waals surface area contributed by atoms with E-state index in [0.717, 1.165) is 23.5 Å². The molecule has 5 heteroatoms. The van der Waals surface area contributed by atoms with E-state index in [2.05, 4.69) is 5.32 Å². The zero-order valence-corrected chi connectivity index (χ0v) is 13.3. The largest absolute Gasteiger partial charge is 0.497 e. The van der Waals surface area contributed by atoms with Gasteiger partial charge in [0.05, 0.1) is 19.3 Å². The number of rotatable bonds is 6. The van der Waals surface area contributed by atoms with Crippen LogP contribution in [0.15, 0.2) is 18.2 Å². The van der Waals surface area contributed by atoms with Gasteiger partial charge in [0.1, 0.15) is 11.5 Å². The molecule has 0 saturated carbocycles. The second kappa shape index (κ2) is 6.64. The molecule has 0 aromatic heterocycles. The van der Waals surface area contributed by atoms with Gasteiger partial charge in [-0.2, -0.15) is 0 Å². The first-order valence-corrected chi connectivity index (χ1v) is 7.32. The van der Waals surface area contributed by atoms with Crippen molar-refractivity contribution in [2.75, 3.05) is 40.9 Å². The number of nitrogens with zero attached hydrogens (tertiary/aromatic N) is 1. The molecule has 0 bridgehead atoms. The van der Waals surface area contributed by atoms with Crippen molar-refractivity contribution in [2.24, 2.45) is 0 Å². The Labute approximate surface area is 126 Å². The van der Waals surface area contributed by atoms with Gasteiger partial charge in [-0.1, -0.05) is 0 Å². The van der Waals surface area contributed by atoms with Crippen LogP contribution in [-0.2, 0) is 0 Å². The van der Waals surface area contributed by atoms with Crippen LogP contribution < -0.4 is 14.8 Å². The minimum atomic E-state index is -0.763. The number of hydrogen-bond acceptors (Lipinski definition) is 5. The van der Waals surface area contributed by atoms with Gasteiger partial charge < -0.3 is 24.8 Å². The predicted molar refractivity (Wildman–Crippen MR) is 83.0 cm³/mol. The quantitative estimate of drug-likeness (QED) is 0.831. The molecule has 2 N–H and O–H groups in total. The van der Waals surface area contributed by atoms with Crippen LogP contribution in [0, 0.1) is 0 Å². The van der Waals surface area contributed by atoms with E-state index >= 15 is 0 Å². The third kappa shape index (κ3) is 4.33. The SMILES string of the molecule is COc1ccc2c(c1)C(NCC(C)(O)CN(C)C)CCO2. The predicted octanol–water partition coefficient (Wildman–Crippen LogP) is 1.42. The number of methoxy groups -OCH3 is 1. The fourth-order valence-electron chi connectivity index (χ4n) is 2.79. The van der Waals surface area contributed by atoms with Crippen molar-refractivity contribution in [3.8, 4) is 11.5 Å². The molecule has 1 aromatic rings. The number of likely N-dealkylation sites (N-methyl/N-ethyl adjacent to an activating group) is 1. The van der Waals surface area contributed by atoms with Gasteiger partial charge in [-0.15, -0.1) is 0 Å². The van der Waals surface area contributed by atoms with Crippen molar-refractivity contribution in [2.45, 2.75) is 25.0 Å². The number of ether oxygens (including phenoxy) is 2. The topological polar surface area (TPSA) is 54.0 Å². The molecule has 1 aromatic carbocycles. The van der Waals surface area contributed by atoms with E-state index in [1.54, 1.807) is 7.11 Å². The Bertz CT molecular complexity index is 475. The fraction of sp³-hybridized carbons (Fsp3) is 0.625. The summed E-state index contributed by atoms with van der Waals surface area (Å²) in [6, 6.07) is 6.04. The number of fused-ring (bicyclic) bond motifs is 1. The van der Waals surface area contributed by atoms with Crippen molar-refractivity contribution in [3.63, 3.8) is 0 Å². The average Bonchev–Trinajstić information content (AvgIpc) is 2.43. The molecular weight excluding hydrogens is 268 g/mol. The van der Waals surface area contributed by atoms with Gasteiger partial charge in [0.25, 0.3) is 0 Å². The molecule has 21 heavy (non-hydrogen) atoms. The smallest absolute Gasteiger partial charge is 0.124 e. The van der Waals surface area contributed by atoms with Crippen molar-refractivity contribution in [3.05, 3.63) is 23.8 Å². The summed E-state index contributed by atoms with van der Waals surface area (Å²) in [6.07, 6.45) is 0.887. The van der Waals surface area contributed by atoms with E-state index in [-0.39, 0.29) is 6.04 Å². The number of aliphatic hydroxyl groups is 1. The molecule has 0 radical (unpaired) electrons. The van der Waals surface area contributed by atoms with Gasteiger partial charge in [-0.05, 0) is 39.2 Å². The van der Waals surface area contributed by atoms with Crippen molar-refractivity contribution < 1.29 is 14.6 Å². The lowest BCUT2D eigenvalue weighted by atomic mass is 9.98. The lowest BCUT2D eigenvalue weighted by Gasteiger charge is -2.32. The molecule has 1 heterocycles. The Morgan fingerprint density at radius 3 is 2.90 bits per heavy atom. The lowest BCUT2D eigenvalue weighted by molar-refractivity contribution is 0.0299. The molecule has 2 unspecified atom stereocenters. The standard InChI is InChI=1S/C16H26N2O3/c1-16(19,11-18(2)3)10-17-14-7-8-21-15-6-5-12(20-4)9-13(14)15/h5-6,9,14,17,19H,7-8,10-11H2,1-4H3. The highest BCUT2D eigenvalue weighted by Gasteiger charge is 2.26. The summed E-state index contributed by atoms with van der Waals surface area (Å²) >= 11 is 0. The average molecular weight is 294 g/mol. The molecule has 2 atom stereocenters. The summed E-state index contributed by atoms with van der Waals surface area (Å²) < 4.78 is 11.0. The van der Waals surface area contributed by atoms with Crippen LogP contribution in [0.25, 0.3) is 0 Å². The van der Waals surface area contributed by atoms with Crippen LogP contribution in [0.1, 0.15) is 24.9 Å². The second-order valence-corrected chi connectivity index (χ2v) is 6.21. The minimum Gasteiger partial charge on any atom is -0.497 e. The molecule has 0 saturated heterocycles. The van der Waals surface area contributed by atoms with E-state index < -0.39 is 5.60 Å². The van der Waals surface area contributed by atoms with E-state index in [1.165, 1.54) is 0 Å². The summed E-state index contributed by atoms with van der Waals surface area (Å²) in [5.41, 5.74) is 0.335. The molecular formula is C16H26N2O3. The molecule has 2 rings (SSSR count). The van der Waals surface area contributed by atoms with E-state index in [4.69, 9.17) is 9.47 Å². The maximum absolute atomic E-state index is 10.4. The first-order valence-electron chi connectivity index (χ1n) is 7.32. The normalized spacial score (nSPS) is 20.6. The second-order valence-electron chi connectivity index (χ2n) is 6.21. The Morgan fingerprint density at radius 1 is 1.48 bits per heavy atom. The van der Waals surface area contributed by atoms with Crippen LogP contribution in [0.3, 0.4) is 0 Å². The van der Waals surface area contributed by atoms with Crippen LogP contribution in [0.4, 0.5) is 0 Å². The molecule has 0 amide bonds. The van der Waals surface area contributed by atoms with Crippen molar-refractivity contribution in [1.82, 2.24) is 10.2 Å². The van der Waals surface area contributed by atoms with Crippen LogP contribution in [0.5, 0.6) is 11.5 Å². The Hall–Kier alpha value is -1.30. The zero-order chi connectivity index (χ0) is 15.5. The molecule has 0 fully saturated rings. The Balaban J connectivity index is 2.06. The first kappa shape index (κ1) is 16.1. The van der Waals surface area contributed by atoms with E-state index in [0.29, 0.717) is 19.7 Å². The summed E-state index contributed by atoms with van der Waals surface area (Å²) in [6.45, 7) is 3.69. The van der Waals surface area contributed by atoms with Gasteiger partial charge in [-0.3, -0.25) is 0 Å². The molecule has 1 aliphatic heterocycles. The minimum absolute atomic E-state index is 0.178. The third-order valence-electron chi connectivity index (χ3n) is 3.64. The summed E-state index contributed by atoms with van der Waals surface area (Å²) in [5.74, 6) is 1.72. The number of benzene rings is 1. The van der Waals surface area contributed by atoms with Crippen molar-refractivity contribution >= 4 is 0 Å². The van der Waals surface area contributed by atoms with Crippen LogP contribution in [0.2, 0.25) is 0 Å². The third-order valence-corrected chi connectivity index (χ3v) is 3.64. The van der Waals surface area contributed by atoms with Gasteiger partial charge in [0.2, 0.25) is 0 Å². The van der Waals surface area contributed by atoms with Gasteiger partial charge in [-0.25, -0.2) is 0 Å². The summed E-state index contributed by atoms with van der Waals surface area (Å²) in [7, 11) is 5.59. The summed E-state index contributed by atoms with van der Waals surface area (Å²) in [4.78, 5) is 1.99. The zero-order valence-electron chi connectivity index (χ0n) is 13.3. The summed E-state index contributed by atoms with van der Waals surface area (Å²) in [5, 5.41) is 13.9. The van der Waals surface area contributed by atoms with E-state index in [1.807, 2.05) is 44.1 Å². The highest BCUT2D eigenvalue weighted by molar-refractivity contribution is 5.43. The monoisotopic (exact) mass is 294 g/mol. The van der Waals surface area contributed by atoms with Gasteiger partial charge in [0.15, 0.2) is 0 Å². The van der Waals surface area contributed by atoms with E-state index in [9.17, 15) is 5.11 Å².